The highest BCUT2D eigenvalue weighted by atomic mass is 19.1. The second kappa shape index (κ2) is 9.51. The SMILES string of the molecule is C[C@@H](OC(=O)C1CCN(C(=O)c2ccc(F)cc2)CC1)C(=O)N1CCCc2ccccc21. The number of ether oxygens (including phenoxy) is 1. The molecular weight excluding hydrogens is 411 g/mol. The first-order valence-electron chi connectivity index (χ1n) is 11.1. The maximum atomic E-state index is 13.1. The Bertz CT molecular complexity index is 999. The molecule has 0 N–H and O–H groups in total. The molecule has 2 aliphatic heterocycles. The lowest BCUT2D eigenvalue weighted by Crippen LogP contribution is -2.45. The number of fused-ring (bicyclic) bond motifs is 1. The minimum atomic E-state index is -0.868. The van der Waals surface area contributed by atoms with E-state index < -0.39 is 12.1 Å². The van der Waals surface area contributed by atoms with E-state index >= 15 is 0 Å². The van der Waals surface area contributed by atoms with Crippen LogP contribution in [0.5, 0.6) is 0 Å². The lowest BCUT2D eigenvalue weighted by atomic mass is 9.96. The van der Waals surface area contributed by atoms with Gasteiger partial charge in [0.1, 0.15) is 5.82 Å². The molecule has 0 saturated carbocycles. The molecule has 4 rings (SSSR count). The zero-order valence-corrected chi connectivity index (χ0v) is 18.1. The topological polar surface area (TPSA) is 66.9 Å². The van der Waals surface area contributed by atoms with Gasteiger partial charge in [-0.15, -0.1) is 0 Å². The highest BCUT2D eigenvalue weighted by Gasteiger charge is 2.33. The Morgan fingerprint density at radius 1 is 1.00 bits per heavy atom. The van der Waals surface area contributed by atoms with E-state index in [1.807, 2.05) is 24.3 Å². The fourth-order valence-corrected chi connectivity index (χ4v) is 4.40. The zero-order chi connectivity index (χ0) is 22.7. The Kier molecular flexibility index (Phi) is 6.53. The fraction of sp³-hybridized carbons (Fsp3) is 0.400. The first-order valence-corrected chi connectivity index (χ1v) is 11.1. The Labute approximate surface area is 187 Å². The van der Waals surface area contributed by atoms with Gasteiger partial charge in [0, 0.05) is 30.9 Å². The summed E-state index contributed by atoms with van der Waals surface area (Å²) in [6.07, 6.45) is 1.89. The third-order valence-electron chi connectivity index (χ3n) is 6.22. The van der Waals surface area contributed by atoms with Crippen molar-refractivity contribution in [3.8, 4) is 0 Å². The van der Waals surface area contributed by atoms with Crippen LogP contribution < -0.4 is 4.90 Å². The second-order valence-corrected chi connectivity index (χ2v) is 8.37. The first-order chi connectivity index (χ1) is 15.4. The molecule has 0 bridgehead atoms. The zero-order valence-electron chi connectivity index (χ0n) is 18.1. The Morgan fingerprint density at radius 3 is 2.41 bits per heavy atom. The number of carbonyl (C=O) groups is 3. The lowest BCUT2D eigenvalue weighted by Gasteiger charge is -2.33. The van der Waals surface area contributed by atoms with Crippen molar-refractivity contribution in [2.24, 2.45) is 5.92 Å². The molecule has 32 heavy (non-hydrogen) atoms. The number of anilines is 1. The molecule has 0 spiro atoms. The monoisotopic (exact) mass is 438 g/mol. The number of rotatable bonds is 4. The number of likely N-dealkylation sites (tertiary alicyclic amines) is 1. The Morgan fingerprint density at radius 2 is 1.69 bits per heavy atom. The van der Waals surface area contributed by atoms with Gasteiger partial charge < -0.3 is 14.5 Å². The predicted octanol–water partition coefficient (Wildman–Crippen LogP) is 3.59. The molecule has 0 radical (unpaired) electrons. The van der Waals surface area contributed by atoms with Gasteiger partial charge in [-0.25, -0.2) is 4.39 Å². The maximum Gasteiger partial charge on any atom is 0.309 e. The number of halogens is 1. The van der Waals surface area contributed by atoms with Crippen LogP contribution in [0, 0.1) is 11.7 Å². The average molecular weight is 438 g/mol. The van der Waals surface area contributed by atoms with Crippen molar-refractivity contribution in [2.75, 3.05) is 24.5 Å². The molecule has 1 atom stereocenters. The molecule has 7 heteroatoms. The van der Waals surface area contributed by atoms with Crippen LogP contribution in [0.15, 0.2) is 48.5 Å². The highest BCUT2D eigenvalue weighted by Crippen LogP contribution is 2.28. The molecule has 0 aromatic heterocycles. The van der Waals surface area contributed by atoms with Crippen molar-refractivity contribution in [2.45, 2.75) is 38.7 Å². The molecule has 6 nitrogen and oxygen atoms in total. The predicted molar refractivity (Wildman–Crippen MR) is 118 cm³/mol. The summed E-state index contributed by atoms with van der Waals surface area (Å²) in [6.45, 7) is 3.06. The summed E-state index contributed by atoms with van der Waals surface area (Å²) in [5.74, 6) is -1.53. The van der Waals surface area contributed by atoms with Gasteiger partial charge in [0.25, 0.3) is 11.8 Å². The molecule has 1 saturated heterocycles. The van der Waals surface area contributed by atoms with E-state index in [0.29, 0.717) is 38.0 Å². The minimum Gasteiger partial charge on any atom is -0.452 e. The summed E-state index contributed by atoms with van der Waals surface area (Å²) in [5, 5.41) is 0. The Hall–Kier alpha value is -3.22. The number of benzene rings is 2. The second-order valence-electron chi connectivity index (χ2n) is 8.37. The van der Waals surface area contributed by atoms with E-state index in [0.717, 1.165) is 24.1 Å². The smallest absolute Gasteiger partial charge is 0.309 e. The number of esters is 1. The highest BCUT2D eigenvalue weighted by molar-refractivity contribution is 5.98. The number of aryl methyl sites for hydroxylation is 1. The van der Waals surface area contributed by atoms with Gasteiger partial charge in [-0.2, -0.15) is 0 Å². The number of carbonyl (C=O) groups excluding carboxylic acids is 3. The molecular formula is C25H27FN2O4. The summed E-state index contributed by atoms with van der Waals surface area (Å²) in [4.78, 5) is 41.6. The van der Waals surface area contributed by atoms with E-state index in [2.05, 4.69) is 0 Å². The normalized spacial score (nSPS) is 17.4. The average Bonchev–Trinajstić information content (AvgIpc) is 2.83. The molecule has 2 heterocycles. The molecule has 0 unspecified atom stereocenters. The summed E-state index contributed by atoms with van der Waals surface area (Å²) in [6, 6.07) is 13.3. The van der Waals surface area contributed by atoms with E-state index in [-0.39, 0.29) is 23.5 Å². The van der Waals surface area contributed by atoms with Crippen molar-refractivity contribution in [3.63, 3.8) is 0 Å². The van der Waals surface area contributed by atoms with Gasteiger partial charge in [0.2, 0.25) is 0 Å². The van der Waals surface area contributed by atoms with Gasteiger partial charge in [0.15, 0.2) is 6.10 Å². The van der Waals surface area contributed by atoms with E-state index in [4.69, 9.17) is 4.74 Å². The van der Waals surface area contributed by atoms with Crippen molar-refractivity contribution in [1.29, 1.82) is 0 Å². The standard InChI is InChI=1S/C25H27FN2O4/c1-17(23(29)28-14-4-6-18-5-2-3-7-22(18)28)32-25(31)20-12-15-27(16-13-20)24(30)19-8-10-21(26)11-9-19/h2-3,5,7-11,17,20H,4,6,12-16H2,1H3/t17-/m1/s1. The molecule has 1 fully saturated rings. The van der Waals surface area contributed by atoms with E-state index in [1.54, 1.807) is 16.7 Å². The number of piperidine rings is 1. The molecule has 2 aromatic rings. The van der Waals surface area contributed by atoms with Crippen molar-refractivity contribution < 1.29 is 23.5 Å². The van der Waals surface area contributed by atoms with Crippen molar-refractivity contribution in [3.05, 3.63) is 65.5 Å². The third kappa shape index (κ3) is 4.66. The Balaban J connectivity index is 1.31. The number of hydrogen-bond donors (Lipinski definition) is 0. The van der Waals surface area contributed by atoms with Gasteiger partial charge in [-0.3, -0.25) is 14.4 Å². The quantitative estimate of drug-likeness (QED) is 0.685. The summed E-state index contributed by atoms with van der Waals surface area (Å²) in [7, 11) is 0. The van der Waals surface area contributed by atoms with Crippen LogP contribution in [0.1, 0.15) is 42.1 Å². The van der Waals surface area contributed by atoms with Gasteiger partial charge in [-0.05, 0) is 68.5 Å². The molecule has 168 valence electrons. The molecule has 2 aromatic carbocycles. The lowest BCUT2D eigenvalue weighted by molar-refractivity contribution is -0.159. The maximum absolute atomic E-state index is 13.1. The molecule has 0 aliphatic carbocycles. The van der Waals surface area contributed by atoms with Crippen LogP contribution in [0.2, 0.25) is 0 Å². The summed E-state index contributed by atoms with van der Waals surface area (Å²) < 4.78 is 18.6. The largest absolute Gasteiger partial charge is 0.452 e. The van der Waals surface area contributed by atoms with Crippen LogP contribution in [-0.4, -0.2) is 48.4 Å². The number of amides is 2. The summed E-state index contributed by atoms with van der Waals surface area (Å²) in [5.41, 5.74) is 2.44. The van der Waals surface area contributed by atoms with E-state index in [1.165, 1.54) is 24.3 Å². The molecule has 2 aliphatic rings. The number of hydrogen-bond acceptors (Lipinski definition) is 4. The number of nitrogens with zero attached hydrogens (tertiary/aromatic N) is 2. The van der Waals surface area contributed by atoms with E-state index in [9.17, 15) is 18.8 Å². The third-order valence-corrected chi connectivity index (χ3v) is 6.22. The van der Waals surface area contributed by atoms with Crippen molar-refractivity contribution >= 4 is 23.5 Å². The van der Waals surface area contributed by atoms with Crippen LogP contribution >= 0.6 is 0 Å². The first kappa shape index (κ1) is 22.0. The van der Waals surface area contributed by atoms with Gasteiger partial charge in [-0.1, -0.05) is 18.2 Å². The minimum absolute atomic E-state index is 0.177. The van der Waals surface area contributed by atoms with Crippen molar-refractivity contribution in [1.82, 2.24) is 4.90 Å². The van der Waals surface area contributed by atoms with Gasteiger partial charge in [0.05, 0.1) is 5.92 Å². The van der Waals surface area contributed by atoms with Crippen LogP contribution in [0.3, 0.4) is 0 Å². The summed E-state index contributed by atoms with van der Waals surface area (Å²) >= 11 is 0. The van der Waals surface area contributed by atoms with Crippen LogP contribution in [0.25, 0.3) is 0 Å². The fourth-order valence-electron chi connectivity index (χ4n) is 4.40. The van der Waals surface area contributed by atoms with Crippen LogP contribution in [0.4, 0.5) is 10.1 Å². The number of para-hydroxylation sites is 1. The molecule has 2 amide bonds. The van der Waals surface area contributed by atoms with Gasteiger partial charge >= 0.3 is 5.97 Å². The van der Waals surface area contributed by atoms with Crippen LogP contribution in [-0.2, 0) is 20.7 Å².